The van der Waals surface area contributed by atoms with Gasteiger partial charge in [0.2, 0.25) is 0 Å². The zero-order valence-electron chi connectivity index (χ0n) is 7.83. The Bertz CT molecular complexity index is 436. The first-order chi connectivity index (χ1) is 6.82. The maximum absolute atomic E-state index is 9.19. The van der Waals surface area contributed by atoms with Crippen molar-refractivity contribution in [1.29, 1.82) is 10.5 Å². The Morgan fingerprint density at radius 2 is 2.07 bits per heavy atom. The van der Waals surface area contributed by atoms with Gasteiger partial charge in [-0.05, 0) is 24.0 Å². The minimum Gasteiger partial charge on any atom is -0.198 e. The van der Waals surface area contributed by atoms with Gasteiger partial charge in [-0.25, -0.2) is 0 Å². The van der Waals surface area contributed by atoms with Crippen molar-refractivity contribution in [2.24, 2.45) is 0 Å². The molecule has 1 aliphatic carbocycles. The molecule has 2 heteroatoms. The third-order valence-electron chi connectivity index (χ3n) is 2.95. The Morgan fingerprint density at radius 3 is 2.79 bits per heavy atom. The summed E-state index contributed by atoms with van der Waals surface area (Å²) in [5.41, 5.74) is 1.75. The van der Waals surface area contributed by atoms with Gasteiger partial charge >= 0.3 is 0 Å². The van der Waals surface area contributed by atoms with Gasteiger partial charge in [-0.1, -0.05) is 24.3 Å². The van der Waals surface area contributed by atoms with Crippen LogP contribution in [0.5, 0.6) is 0 Å². The maximum Gasteiger partial charge on any atom is 0.0957 e. The van der Waals surface area contributed by atoms with Gasteiger partial charge < -0.3 is 0 Å². The number of nitriles is 2. The van der Waals surface area contributed by atoms with Crippen LogP contribution in [0.15, 0.2) is 24.3 Å². The number of rotatable bonds is 1. The molecule has 0 saturated carbocycles. The first kappa shape index (κ1) is 8.78. The van der Waals surface area contributed by atoms with E-state index in [4.69, 9.17) is 5.26 Å². The molecule has 0 bridgehead atoms. The molecule has 0 saturated heterocycles. The Hall–Kier alpha value is -1.80. The number of aryl methyl sites for hydroxylation is 1. The third-order valence-corrected chi connectivity index (χ3v) is 2.95. The van der Waals surface area contributed by atoms with Crippen LogP contribution in [0.1, 0.15) is 24.0 Å². The van der Waals surface area contributed by atoms with Crippen molar-refractivity contribution >= 4 is 0 Å². The number of nitrogens with zero attached hydrogens (tertiary/aromatic N) is 2. The SMILES string of the molecule is N#CC[C@@]1(C#N)CCc2ccccc21. The van der Waals surface area contributed by atoms with E-state index >= 15 is 0 Å². The molecule has 2 rings (SSSR count). The van der Waals surface area contributed by atoms with Crippen molar-refractivity contribution in [3.8, 4) is 12.1 Å². The lowest BCUT2D eigenvalue weighted by Gasteiger charge is -2.17. The van der Waals surface area contributed by atoms with Gasteiger partial charge in [0.25, 0.3) is 0 Å². The second-order valence-electron chi connectivity index (χ2n) is 3.69. The Labute approximate surface area is 83.4 Å². The van der Waals surface area contributed by atoms with E-state index in [-0.39, 0.29) is 0 Å². The second-order valence-corrected chi connectivity index (χ2v) is 3.69. The molecule has 14 heavy (non-hydrogen) atoms. The second kappa shape index (κ2) is 3.16. The molecule has 1 aromatic rings. The molecule has 1 aliphatic rings. The lowest BCUT2D eigenvalue weighted by atomic mass is 9.81. The number of hydrogen-bond donors (Lipinski definition) is 0. The molecule has 0 radical (unpaired) electrons. The van der Waals surface area contributed by atoms with Crippen LogP contribution in [0.4, 0.5) is 0 Å². The van der Waals surface area contributed by atoms with E-state index in [1.807, 2.05) is 24.3 Å². The normalized spacial score (nSPS) is 23.6. The van der Waals surface area contributed by atoms with E-state index in [1.165, 1.54) is 5.56 Å². The first-order valence-corrected chi connectivity index (χ1v) is 4.69. The Kier molecular flexibility index (Phi) is 1.98. The standard InChI is InChI=1S/C12H10N2/c13-8-7-12(9-14)6-5-10-3-1-2-4-11(10)12/h1-4H,5-7H2/t12-/m1/s1. The average molecular weight is 182 g/mol. The van der Waals surface area contributed by atoms with Gasteiger partial charge in [0.15, 0.2) is 0 Å². The lowest BCUT2D eigenvalue weighted by molar-refractivity contribution is 0.558. The number of benzene rings is 1. The van der Waals surface area contributed by atoms with Crippen molar-refractivity contribution in [1.82, 2.24) is 0 Å². The molecule has 0 amide bonds. The van der Waals surface area contributed by atoms with E-state index in [1.54, 1.807) is 0 Å². The minimum absolute atomic E-state index is 0.306. The molecular weight excluding hydrogens is 172 g/mol. The monoisotopic (exact) mass is 182 g/mol. The largest absolute Gasteiger partial charge is 0.198 e. The maximum atomic E-state index is 9.19. The summed E-state index contributed by atoms with van der Waals surface area (Å²) in [7, 11) is 0. The van der Waals surface area contributed by atoms with E-state index in [0.717, 1.165) is 18.4 Å². The highest BCUT2D eigenvalue weighted by atomic mass is 14.4. The zero-order chi connectivity index (χ0) is 10.0. The van der Waals surface area contributed by atoms with Crippen molar-refractivity contribution in [3.63, 3.8) is 0 Å². The van der Waals surface area contributed by atoms with Gasteiger partial charge in [0.1, 0.15) is 0 Å². The summed E-state index contributed by atoms with van der Waals surface area (Å²) in [6, 6.07) is 12.4. The Balaban J connectivity index is 2.52. The van der Waals surface area contributed by atoms with Crippen LogP contribution in [0.2, 0.25) is 0 Å². The molecule has 0 fully saturated rings. The van der Waals surface area contributed by atoms with Crippen LogP contribution in [0, 0.1) is 22.7 Å². The highest BCUT2D eigenvalue weighted by molar-refractivity contribution is 5.44. The highest BCUT2D eigenvalue weighted by Crippen LogP contribution is 2.40. The van der Waals surface area contributed by atoms with Crippen LogP contribution in [-0.2, 0) is 11.8 Å². The quantitative estimate of drug-likeness (QED) is 0.669. The van der Waals surface area contributed by atoms with Crippen molar-refractivity contribution < 1.29 is 0 Å². The van der Waals surface area contributed by atoms with Gasteiger partial charge in [-0.2, -0.15) is 10.5 Å². The van der Waals surface area contributed by atoms with Gasteiger partial charge in [-0.3, -0.25) is 0 Å². The van der Waals surface area contributed by atoms with Crippen molar-refractivity contribution in [2.75, 3.05) is 0 Å². The topological polar surface area (TPSA) is 47.6 Å². The zero-order valence-corrected chi connectivity index (χ0v) is 7.83. The fraction of sp³-hybridized carbons (Fsp3) is 0.333. The summed E-state index contributed by atoms with van der Waals surface area (Å²) in [6.07, 6.45) is 2.02. The summed E-state index contributed by atoms with van der Waals surface area (Å²) >= 11 is 0. The summed E-state index contributed by atoms with van der Waals surface area (Å²) in [5.74, 6) is 0. The summed E-state index contributed by atoms with van der Waals surface area (Å²) in [6.45, 7) is 0. The van der Waals surface area contributed by atoms with E-state index < -0.39 is 5.41 Å². The van der Waals surface area contributed by atoms with E-state index in [0.29, 0.717) is 6.42 Å². The summed E-state index contributed by atoms with van der Waals surface area (Å²) in [5, 5.41) is 17.9. The predicted molar refractivity (Wildman–Crippen MR) is 52.3 cm³/mol. The lowest BCUT2D eigenvalue weighted by Crippen LogP contribution is -2.19. The molecule has 68 valence electrons. The summed E-state index contributed by atoms with van der Waals surface area (Å²) in [4.78, 5) is 0. The van der Waals surface area contributed by atoms with Gasteiger partial charge in [0.05, 0.1) is 24.0 Å². The molecule has 0 N–H and O–H groups in total. The predicted octanol–water partition coefficient (Wildman–Crippen LogP) is 2.31. The fourth-order valence-corrected chi connectivity index (χ4v) is 2.16. The molecule has 0 aromatic heterocycles. The average Bonchev–Trinajstić information content (AvgIpc) is 2.59. The van der Waals surface area contributed by atoms with E-state index in [9.17, 15) is 5.26 Å². The molecule has 0 aliphatic heterocycles. The summed E-state index contributed by atoms with van der Waals surface area (Å²) < 4.78 is 0. The van der Waals surface area contributed by atoms with Crippen LogP contribution in [0.25, 0.3) is 0 Å². The van der Waals surface area contributed by atoms with Crippen LogP contribution in [0.3, 0.4) is 0 Å². The van der Waals surface area contributed by atoms with Gasteiger partial charge in [0, 0.05) is 0 Å². The number of fused-ring (bicyclic) bond motifs is 1. The fourth-order valence-electron chi connectivity index (χ4n) is 2.16. The molecule has 2 nitrogen and oxygen atoms in total. The third kappa shape index (κ3) is 1.09. The Morgan fingerprint density at radius 1 is 1.29 bits per heavy atom. The molecule has 0 spiro atoms. The molecule has 1 atom stereocenters. The van der Waals surface area contributed by atoms with E-state index in [2.05, 4.69) is 12.1 Å². The molecule has 0 unspecified atom stereocenters. The van der Waals surface area contributed by atoms with Crippen LogP contribution >= 0.6 is 0 Å². The highest BCUT2D eigenvalue weighted by Gasteiger charge is 2.38. The first-order valence-electron chi connectivity index (χ1n) is 4.69. The molecule has 1 aromatic carbocycles. The molecule has 0 heterocycles. The smallest absolute Gasteiger partial charge is 0.0957 e. The van der Waals surface area contributed by atoms with Gasteiger partial charge in [-0.15, -0.1) is 0 Å². The van der Waals surface area contributed by atoms with Crippen molar-refractivity contribution in [2.45, 2.75) is 24.7 Å². The van der Waals surface area contributed by atoms with Crippen molar-refractivity contribution in [3.05, 3.63) is 35.4 Å². The van der Waals surface area contributed by atoms with Crippen LogP contribution < -0.4 is 0 Å². The number of hydrogen-bond acceptors (Lipinski definition) is 2. The molecular formula is C12H10N2. The minimum atomic E-state index is -0.536. The van der Waals surface area contributed by atoms with Crippen LogP contribution in [-0.4, -0.2) is 0 Å².